The number of carbonyl (C=O) groups excluding carboxylic acids is 1. The van der Waals surface area contributed by atoms with Crippen molar-refractivity contribution in [1.82, 2.24) is 0 Å². The molecule has 2 aromatic carbocycles. The molecule has 0 fully saturated rings. The average Bonchev–Trinajstić information content (AvgIpc) is 2.54. The molecular formula is C20H24O3. The summed E-state index contributed by atoms with van der Waals surface area (Å²) in [5, 5.41) is 0. The van der Waals surface area contributed by atoms with Crippen molar-refractivity contribution in [2.75, 3.05) is 6.61 Å². The van der Waals surface area contributed by atoms with Crippen LogP contribution in [0.1, 0.15) is 32.8 Å². The van der Waals surface area contributed by atoms with Crippen LogP contribution in [0.5, 0.6) is 5.75 Å². The molecule has 0 radical (unpaired) electrons. The minimum atomic E-state index is -0.304. The summed E-state index contributed by atoms with van der Waals surface area (Å²) in [6, 6.07) is 16.0. The van der Waals surface area contributed by atoms with Gasteiger partial charge in [0.1, 0.15) is 5.75 Å². The SMILES string of the molecule is CCCOC(C)Cc1ccc(-c2ccc(OC(C)=O)cc2)cc1. The van der Waals surface area contributed by atoms with E-state index in [-0.39, 0.29) is 12.1 Å². The van der Waals surface area contributed by atoms with Crippen molar-refractivity contribution in [3.63, 3.8) is 0 Å². The van der Waals surface area contributed by atoms with Gasteiger partial charge in [-0.15, -0.1) is 0 Å². The van der Waals surface area contributed by atoms with Crippen LogP contribution in [0, 0.1) is 0 Å². The predicted octanol–water partition coefficient (Wildman–Crippen LogP) is 4.64. The maximum Gasteiger partial charge on any atom is 0.308 e. The maximum atomic E-state index is 10.9. The van der Waals surface area contributed by atoms with E-state index in [0.29, 0.717) is 5.75 Å². The molecule has 3 heteroatoms. The maximum absolute atomic E-state index is 10.9. The molecule has 0 saturated heterocycles. The number of esters is 1. The molecule has 1 unspecified atom stereocenters. The molecule has 0 aliphatic rings. The topological polar surface area (TPSA) is 35.5 Å². The van der Waals surface area contributed by atoms with Crippen molar-refractivity contribution in [1.29, 1.82) is 0 Å². The Bertz CT molecular complexity index is 614. The highest BCUT2D eigenvalue weighted by Gasteiger charge is 2.05. The third-order valence-electron chi connectivity index (χ3n) is 3.53. The standard InChI is InChI=1S/C20H24O3/c1-4-13-22-15(2)14-17-5-7-18(8-6-17)19-9-11-20(12-10-19)23-16(3)21/h5-12,15H,4,13-14H2,1-3H3. The summed E-state index contributed by atoms with van der Waals surface area (Å²) in [5.41, 5.74) is 3.52. The highest BCUT2D eigenvalue weighted by Crippen LogP contribution is 2.23. The Labute approximate surface area is 138 Å². The fraction of sp³-hybridized carbons (Fsp3) is 0.350. The molecule has 2 aromatic rings. The van der Waals surface area contributed by atoms with Gasteiger partial charge in [-0.3, -0.25) is 4.79 Å². The first-order chi connectivity index (χ1) is 11.1. The average molecular weight is 312 g/mol. The first-order valence-corrected chi connectivity index (χ1v) is 8.08. The largest absolute Gasteiger partial charge is 0.427 e. The highest BCUT2D eigenvalue weighted by atomic mass is 16.5. The van der Waals surface area contributed by atoms with Gasteiger partial charge in [0.2, 0.25) is 0 Å². The zero-order valence-corrected chi connectivity index (χ0v) is 14.0. The lowest BCUT2D eigenvalue weighted by molar-refractivity contribution is -0.131. The van der Waals surface area contributed by atoms with E-state index in [1.165, 1.54) is 12.5 Å². The summed E-state index contributed by atoms with van der Waals surface area (Å²) < 4.78 is 10.8. The molecule has 3 nitrogen and oxygen atoms in total. The number of rotatable bonds is 7. The Morgan fingerprint density at radius 3 is 2.09 bits per heavy atom. The van der Waals surface area contributed by atoms with E-state index in [4.69, 9.17) is 9.47 Å². The van der Waals surface area contributed by atoms with Crippen LogP contribution in [0.4, 0.5) is 0 Å². The van der Waals surface area contributed by atoms with Gasteiger partial charge in [0.15, 0.2) is 0 Å². The van der Waals surface area contributed by atoms with Gasteiger partial charge >= 0.3 is 5.97 Å². The van der Waals surface area contributed by atoms with Crippen LogP contribution < -0.4 is 4.74 Å². The normalized spacial score (nSPS) is 12.0. The van der Waals surface area contributed by atoms with Gasteiger partial charge in [0.05, 0.1) is 6.10 Å². The van der Waals surface area contributed by atoms with Crippen molar-refractivity contribution in [2.45, 2.75) is 39.7 Å². The van der Waals surface area contributed by atoms with Gasteiger partial charge in [-0.1, -0.05) is 43.3 Å². The van der Waals surface area contributed by atoms with Gasteiger partial charge in [0, 0.05) is 13.5 Å². The molecular weight excluding hydrogens is 288 g/mol. The van der Waals surface area contributed by atoms with Crippen molar-refractivity contribution in [3.8, 4) is 16.9 Å². The highest BCUT2D eigenvalue weighted by molar-refractivity contribution is 5.70. The molecule has 2 rings (SSSR count). The Morgan fingerprint density at radius 2 is 1.57 bits per heavy atom. The second kappa shape index (κ2) is 8.49. The molecule has 0 heterocycles. The Morgan fingerprint density at radius 1 is 1.00 bits per heavy atom. The zero-order chi connectivity index (χ0) is 16.7. The van der Waals surface area contributed by atoms with Crippen LogP contribution in [0.25, 0.3) is 11.1 Å². The monoisotopic (exact) mass is 312 g/mol. The van der Waals surface area contributed by atoms with Crippen molar-refractivity contribution in [3.05, 3.63) is 54.1 Å². The Balaban J connectivity index is 2.00. The summed E-state index contributed by atoms with van der Waals surface area (Å²) >= 11 is 0. The van der Waals surface area contributed by atoms with Gasteiger partial charge in [-0.05, 0) is 48.6 Å². The van der Waals surface area contributed by atoms with Crippen LogP contribution >= 0.6 is 0 Å². The third kappa shape index (κ3) is 5.53. The smallest absolute Gasteiger partial charge is 0.308 e. The summed E-state index contributed by atoms with van der Waals surface area (Å²) in [7, 11) is 0. The first-order valence-electron chi connectivity index (χ1n) is 8.08. The minimum Gasteiger partial charge on any atom is -0.427 e. The van der Waals surface area contributed by atoms with E-state index in [9.17, 15) is 4.79 Å². The Hall–Kier alpha value is -2.13. The lowest BCUT2D eigenvalue weighted by atomic mass is 10.0. The molecule has 0 N–H and O–H groups in total. The second-order valence-electron chi connectivity index (χ2n) is 5.70. The molecule has 122 valence electrons. The number of hydrogen-bond acceptors (Lipinski definition) is 3. The van der Waals surface area contributed by atoms with E-state index in [0.717, 1.165) is 30.6 Å². The second-order valence-corrected chi connectivity index (χ2v) is 5.70. The van der Waals surface area contributed by atoms with Gasteiger partial charge in [-0.25, -0.2) is 0 Å². The van der Waals surface area contributed by atoms with Crippen LogP contribution in [0.3, 0.4) is 0 Å². The van der Waals surface area contributed by atoms with Crippen molar-refractivity contribution >= 4 is 5.97 Å². The van der Waals surface area contributed by atoms with Crippen LogP contribution in [-0.2, 0) is 16.0 Å². The van der Waals surface area contributed by atoms with Gasteiger partial charge in [-0.2, -0.15) is 0 Å². The molecule has 0 amide bonds. The fourth-order valence-electron chi connectivity index (χ4n) is 2.42. The molecule has 1 atom stereocenters. The minimum absolute atomic E-state index is 0.240. The summed E-state index contributed by atoms with van der Waals surface area (Å²) in [6.45, 7) is 6.44. The number of benzene rings is 2. The number of carbonyl (C=O) groups is 1. The van der Waals surface area contributed by atoms with E-state index in [2.05, 4.69) is 38.1 Å². The van der Waals surface area contributed by atoms with Crippen LogP contribution in [-0.4, -0.2) is 18.7 Å². The quantitative estimate of drug-likeness (QED) is 0.552. The number of ether oxygens (including phenoxy) is 2. The summed E-state index contributed by atoms with van der Waals surface area (Å²) in [5.74, 6) is 0.265. The molecule has 0 saturated carbocycles. The molecule has 0 spiro atoms. The zero-order valence-electron chi connectivity index (χ0n) is 14.0. The fourth-order valence-corrected chi connectivity index (χ4v) is 2.42. The first kappa shape index (κ1) is 17.2. The predicted molar refractivity (Wildman–Crippen MR) is 92.6 cm³/mol. The summed E-state index contributed by atoms with van der Waals surface area (Å²) in [6.07, 6.45) is 2.21. The van der Waals surface area contributed by atoms with Crippen LogP contribution in [0.15, 0.2) is 48.5 Å². The number of hydrogen-bond donors (Lipinski definition) is 0. The van der Waals surface area contributed by atoms with Gasteiger partial charge < -0.3 is 9.47 Å². The third-order valence-corrected chi connectivity index (χ3v) is 3.53. The molecule has 0 aliphatic heterocycles. The lowest BCUT2D eigenvalue weighted by Gasteiger charge is -2.13. The molecule has 0 bridgehead atoms. The van der Waals surface area contributed by atoms with Crippen molar-refractivity contribution < 1.29 is 14.3 Å². The van der Waals surface area contributed by atoms with E-state index < -0.39 is 0 Å². The van der Waals surface area contributed by atoms with E-state index in [1.807, 2.05) is 24.3 Å². The van der Waals surface area contributed by atoms with Crippen molar-refractivity contribution in [2.24, 2.45) is 0 Å². The Kier molecular flexibility index (Phi) is 6.36. The molecule has 23 heavy (non-hydrogen) atoms. The van der Waals surface area contributed by atoms with Crippen LogP contribution in [0.2, 0.25) is 0 Å². The van der Waals surface area contributed by atoms with E-state index in [1.54, 1.807) is 0 Å². The van der Waals surface area contributed by atoms with Gasteiger partial charge in [0.25, 0.3) is 0 Å². The molecule has 0 aromatic heterocycles. The summed E-state index contributed by atoms with van der Waals surface area (Å²) in [4.78, 5) is 10.9. The lowest BCUT2D eigenvalue weighted by Crippen LogP contribution is -2.12. The van der Waals surface area contributed by atoms with E-state index >= 15 is 0 Å². The molecule has 0 aliphatic carbocycles.